The van der Waals surface area contributed by atoms with Gasteiger partial charge in [0.15, 0.2) is 23.2 Å². The van der Waals surface area contributed by atoms with Crippen molar-refractivity contribution in [1.29, 1.82) is 0 Å². The fraction of sp³-hybridized carbons (Fsp3) is 0.350. The van der Waals surface area contributed by atoms with Crippen LogP contribution in [0.2, 0.25) is 0 Å². The predicted octanol–water partition coefficient (Wildman–Crippen LogP) is 4.66. The van der Waals surface area contributed by atoms with Gasteiger partial charge in [-0.1, -0.05) is 6.07 Å². The van der Waals surface area contributed by atoms with Crippen LogP contribution in [0.25, 0.3) is 11.1 Å². The Hall–Kier alpha value is -2.70. The second kappa shape index (κ2) is 7.50. The van der Waals surface area contributed by atoms with E-state index in [1.165, 1.54) is 18.2 Å². The lowest BCUT2D eigenvalue weighted by Crippen LogP contribution is -2.07. The van der Waals surface area contributed by atoms with Crippen LogP contribution in [0.15, 0.2) is 30.3 Å². The average Bonchev–Trinajstić information content (AvgIpc) is 3.36. The van der Waals surface area contributed by atoms with E-state index in [-0.39, 0.29) is 41.3 Å². The topological polar surface area (TPSA) is 55.8 Å². The van der Waals surface area contributed by atoms with Gasteiger partial charge in [0, 0.05) is 17.5 Å². The maximum Gasteiger partial charge on any atom is 0.306 e. The lowest BCUT2D eigenvalue weighted by Gasteiger charge is -2.13. The van der Waals surface area contributed by atoms with E-state index in [9.17, 15) is 18.0 Å². The molecule has 7 heteroatoms. The molecule has 0 heterocycles. The van der Waals surface area contributed by atoms with Gasteiger partial charge >= 0.3 is 5.97 Å². The molecule has 1 aliphatic carbocycles. The summed E-state index contributed by atoms with van der Waals surface area (Å²) >= 11 is 0. The SMILES string of the molecule is CC(C)Oc1cc(F)c(F)c(-c2ccc(OC[C@H]3C[C@@H]3C(=O)O)c(F)c2)c1. The summed E-state index contributed by atoms with van der Waals surface area (Å²) in [5, 5.41) is 8.86. The van der Waals surface area contributed by atoms with Crippen LogP contribution in [0, 0.1) is 29.3 Å². The van der Waals surface area contributed by atoms with Crippen LogP contribution < -0.4 is 9.47 Å². The second-order valence-electron chi connectivity index (χ2n) is 6.83. The zero-order valence-corrected chi connectivity index (χ0v) is 14.8. The quantitative estimate of drug-likeness (QED) is 0.759. The monoisotopic (exact) mass is 380 g/mol. The van der Waals surface area contributed by atoms with E-state index in [1.807, 2.05) is 0 Å². The van der Waals surface area contributed by atoms with Crippen molar-refractivity contribution in [1.82, 2.24) is 0 Å². The standard InChI is InChI=1S/C20H19F3O4/c1-10(2)27-13-7-14(19(23)17(22)8-13)11-3-4-18(16(21)6-11)26-9-12-5-15(12)20(24)25/h3-4,6-8,10,12,15H,5,9H2,1-2H3,(H,24,25)/t12-,15+/m1/s1. The predicted molar refractivity (Wildman–Crippen MR) is 92.2 cm³/mol. The Balaban J connectivity index is 1.79. The molecule has 4 nitrogen and oxygen atoms in total. The van der Waals surface area contributed by atoms with Gasteiger partial charge in [0.1, 0.15) is 5.75 Å². The van der Waals surface area contributed by atoms with Crippen molar-refractivity contribution < 1.29 is 32.5 Å². The zero-order chi connectivity index (χ0) is 19.7. The first kappa shape index (κ1) is 19.1. The molecule has 0 aliphatic heterocycles. The summed E-state index contributed by atoms with van der Waals surface area (Å²) in [6.45, 7) is 3.59. The normalized spacial score (nSPS) is 18.4. The summed E-state index contributed by atoms with van der Waals surface area (Å²) in [5.41, 5.74) is 0.0181. The summed E-state index contributed by atoms with van der Waals surface area (Å²) in [7, 11) is 0. The number of aliphatic carboxylic acids is 1. The molecule has 144 valence electrons. The highest BCUT2D eigenvalue weighted by Crippen LogP contribution is 2.39. The Bertz CT molecular complexity index is 867. The van der Waals surface area contributed by atoms with E-state index in [0.717, 1.165) is 12.1 Å². The van der Waals surface area contributed by atoms with E-state index in [4.69, 9.17) is 14.6 Å². The number of carboxylic acid groups (broad SMARTS) is 1. The zero-order valence-electron chi connectivity index (χ0n) is 14.8. The van der Waals surface area contributed by atoms with Gasteiger partial charge in [-0.2, -0.15) is 0 Å². The summed E-state index contributed by atoms with van der Waals surface area (Å²) in [5.74, 6) is -4.32. The largest absolute Gasteiger partial charge is 0.491 e. The minimum Gasteiger partial charge on any atom is -0.491 e. The molecule has 27 heavy (non-hydrogen) atoms. The van der Waals surface area contributed by atoms with Crippen LogP contribution in [0.5, 0.6) is 11.5 Å². The molecule has 1 saturated carbocycles. The fourth-order valence-electron chi connectivity index (χ4n) is 2.83. The molecule has 0 radical (unpaired) electrons. The highest BCUT2D eigenvalue weighted by atomic mass is 19.2. The number of carboxylic acids is 1. The molecule has 2 aromatic rings. The maximum atomic E-state index is 14.3. The summed E-state index contributed by atoms with van der Waals surface area (Å²) in [4.78, 5) is 10.8. The van der Waals surface area contributed by atoms with Crippen LogP contribution in [0.4, 0.5) is 13.2 Å². The second-order valence-corrected chi connectivity index (χ2v) is 6.83. The number of hydrogen-bond donors (Lipinski definition) is 1. The third kappa shape index (κ3) is 4.35. The van der Waals surface area contributed by atoms with Crippen molar-refractivity contribution in [2.45, 2.75) is 26.4 Å². The van der Waals surface area contributed by atoms with Gasteiger partial charge in [0.05, 0.1) is 18.6 Å². The third-order valence-electron chi connectivity index (χ3n) is 4.31. The molecular formula is C20H19F3O4. The lowest BCUT2D eigenvalue weighted by atomic mass is 10.0. The first-order valence-corrected chi connectivity index (χ1v) is 8.57. The number of benzene rings is 2. The summed E-state index contributed by atoms with van der Waals surface area (Å²) in [6.07, 6.45) is 0.273. The minimum absolute atomic E-state index is 0.0646. The van der Waals surface area contributed by atoms with Crippen LogP contribution >= 0.6 is 0 Å². The van der Waals surface area contributed by atoms with Gasteiger partial charge < -0.3 is 14.6 Å². The van der Waals surface area contributed by atoms with Crippen LogP contribution in [-0.2, 0) is 4.79 Å². The molecule has 0 saturated heterocycles. The Morgan fingerprint density at radius 1 is 1.19 bits per heavy atom. The molecular weight excluding hydrogens is 361 g/mol. The van der Waals surface area contributed by atoms with Crippen molar-refractivity contribution >= 4 is 5.97 Å². The third-order valence-corrected chi connectivity index (χ3v) is 4.31. The molecule has 0 amide bonds. The smallest absolute Gasteiger partial charge is 0.306 e. The van der Waals surface area contributed by atoms with Crippen molar-refractivity contribution in [2.75, 3.05) is 6.61 Å². The number of ether oxygens (including phenoxy) is 2. The maximum absolute atomic E-state index is 14.3. The number of hydrogen-bond acceptors (Lipinski definition) is 3. The molecule has 0 aromatic heterocycles. The summed E-state index contributed by atoms with van der Waals surface area (Å²) in [6, 6.07) is 6.04. The fourth-order valence-corrected chi connectivity index (χ4v) is 2.83. The molecule has 0 unspecified atom stereocenters. The highest BCUT2D eigenvalue weighted by molar-refractivity contribution is 5.73. The first-order valence-electron chi connectivity index (χ1n) is 8.57. The first-order chi connectivity index (χ1) is 12.8. The Labute approximate surface area is 154 Å². The molecule has 2 atom stereocenters. The van der Waals surface area contributed by atoms with Crippen molar-refractivity contribution in [3.05, 3.63) is 47.8 Å². The molecule has 0 bridgehead atoms. The van der Waals surface area contributed by atoms with Crippen LogP contribution in [0.1, 0.15) is 20.3 Å². The average molecular weight is 380 g/mol. The lowest BCUT2D eigenvalue weighted by molar-refractivity contribution is -0.138. The van der Waals surface area contributed by atoms with E-state index < -0.39 is 29.3 Å². The minimum atomic E-state index is -1.10. The van der Waals surface area contributed by atoms with Gasteiger partial charge in [-0.15, -0.1) is 0 Å². The highest BCUT2D eigenvalue weighted by Gasteiger charge is 2.43. The van der Waals surface area contributed by atoms with E-state index in [2.05, 4.69) is 0 Å². The molecule has 3 rings (SSSR count). The van der Waals surface area contributed by atoms with E-state index in [0.29, 0.717) is 6.42 Å². The van der Waals surface area contributed by atoms with Crippen molar-refractivity contribution in [3.63, 3.8) is 0 Å². The molecule has 1 fully saturated rings. The molecule has 1 aliphatic rings. The van der Waals surface area contributed by atoms with Gasteiger partial charge in [0.25, 0.3) is 0 Å². The molecule has 0 spiro atoms. The van der Waals surface area contributed by atoms with E-state index >= 15 is 0 Å². The van der Waals surface area contributed by atoms with Gasteiger partial charge in [-0.05, 0) is 44.0 Å². The van der Waals surface area contributed by atoms with Gasteiger partial charge in [0.2, 0.25) is 0 Å². The molecule has 1 N–H and O–H groups in total. The Kier molecular flexibility index (Phi) is 5.30. The van der Waals surface area contributed by atoms with Crippen molar-refractivity contribution in [2.24, 2.45) is 11.8 Å². The van der Waals surface area contributed by atoms with E-state index in [1.54, 1.807) is 13.8 Å². The number of rotatable bonds is 7. The van der Waals surface area contributed by atoms with Crippen LogP contribution in [0.3, 0.4) is 0 Å². The van der Waals surface area contributed by atoms with Gasteiger partial charge in [-0.3, -0.25) is 4.79 Å². The number of carbonyl (C=O) groups is 1. The van der Waals surface area contributed by atoms with Crippen molar-refractivity contribution in [3.8, 4) is 22.6 Å². The Morgan fingerprint density at radius 2 is 1.93 bits per heavy atom. The summed E-state index contributed by atoms with van der Waals surface area (Å²) < 4.78 is 53.1. The van der Waals surface area contributed by atoms with Crippen LogP contribution in [-0.4, -0.2) is 23.8 Å². The molecule has 2 aromatic carbocycles. The number of halogens is 3. The Morgan fingerprint density at radius 3 is 2.52 bits per heavy atom. The van der Waals surface area contributed by atoms with Gasteiger partial charge in [-0.25, -0.2) is 13.2 Å².